The molecule has 3 heteroatoms. The largest absolute Gasteiger partial charge is 0.494 e. The SMILES string of the molecule is CCOc1ccc(Br)cc1C(Cl)C1CCCCCC1. The molecule has 0 saturated heterocycles. The Morgan fingerprint density at radius 2 is 1.95 bits per heavy atom. The Morgan fingerprint density at radius 1 is 1.26 bits per heavy atom. The molecule has 0 spiro atoms. The summed E-state index contributed by atoms with van der Waals surface area (Å²) in [6.45, 7) is 2.70. The van der Waals surface area contributed by atoms with Crippen molar-refractivity contribution >= 4 is 27.5 Å². The molecule has 1 atom stereocenters. The molecule has 19 heavy (non-hydrogen) atoms. The van der Waals surface area contributed by atoms with Crippen LogP contribution in [0, 0.1) is 5.92 Å². The van der Waals surface area contributed by atoms with E-state index in [2.05, 4.69) is 22.0 Å². The van der Waals surface area contributed by atoms with Crippen molar-refractivity contribution in [2.45, 2.75) is 50.8 Å². The van der Waals surface area contributed by atoms with Gasteiger partial charge in [0, 0.05) is 10.0 Å². The van der Waals surface area contributed by atoms with Crippen molar-refractivity contribution in [2.24, 2.45) is 5.92 Å². The Morgan fingerprint density at radius 3 is 2.58 bits per heavy atom. The molecule has 2 rings (SSSR count). The monoisotopic (exact) mass is 344 g/mol. The van der Waals surface area contributed by atoms with Gasteiger partial charge in [0.15, 0.2) is 0 Å². The number of rotatable bonds is 4. The van der Waals surface area contributed by atoms with Gasteiger partial charge in [-0.2, -0.15) is 0 Å². The van der Waals surface area contributed by atoms with E-state index in [9.17, 15) is 0 Å². The molecule has 1 nitrogen and oxygen atoms in total. The lowest BCUT2D eigenvalue weighted by molar-refractivity contribution is 0.331. The Bertz CT molecular complexity index is 400. The predicted octanol–water partition coefficient (Wildman–Crippen LogP) is 6.10. The second kappa shape index (κ2) is 7.54. The lowest BCUT2D eigenvalue weighted by atomic mass is 9.91. The third kappa shape index (κ3) is 4.13. The molecular weight excluding hydrogens is 324 g/mol. The van der Waals surface area contributed by atoms with Crippen molar-refractivity contribution in [3.05, 3.63) is 28.2 Å². The normalized spacial score (nSPS) is 18.9. The van der Waals surface area contributed by atoms with Gasteiger partial charge < -0.3 is 4.74 Å². The molecule has 1 unspecified atom stereocenters. The van der Waals surface area contributed by atoms with Gasteiger partial charge in [0.25, 0.3) is 0 Å². The van der Waals surface area contributed by atoms with Gasteiger partial charge in [-0.3, -0.25) is 0 Å². The van der Waals surface area contributed by atoms with E-state index in [4.69, 9.17) is 16.3 Å². The molecule has 0 radical (unpaired) electrons. The van der Waals surface area contributed by atoms with Crippen LogP contribution in [0.25, 0.3) is 0 Å². The van der Waals surface area contributed by atoms with Crippen molar-refractivity contribution < 1.29 is 4.74 Å². The molecule has 1 aliphatic rings. The third-order valence-electron chi connectivity index (χ3n) is 3.88. The van der Waals surface area contributed by atoms with E-state index in [-0.39, 0.29) is 5.38 Å². The lowest BCUT2D eigenvalue weighted by Crippen LogP contribution is -2.09. The van der Waals surface area contributed by atoms with Gasteiger partial charge in [-0.15, -0.1) is 11.6 Å². The van der Waals surface area contributed by atoms with Gasteiger partial charge in [-0.05, 0) is 43.9 Å². The maximum Gasteiger partial charge on any atom is 0.124 e. The summed E-state index contributed by atoms with van der Waals surface area (Å²) < 4.78 is 6.80. The molecule has 106 valence electrons. The number of hydrogen-bond donors (Lipinski definition) is 0. The Hall–Kier alpha value is -0.210. The molecule has 0 aromatic heterocycles. The highest BCUT2D eigenvalue weighted by atomic mass is 79.9. The van der Waals surface area contributed by atoms with Crippen LogP contribution in [0.1, 0.15) is 56.4 Å². The molecule has 0 amide bonds. The smallest absolute Gasteiger partial charge is 0.124 e. The minimum Gasteiger partial charge on any atom is -0.494 e. The average molecular weight is 346 g/mol. The number of hydrogen-bond acceptors (Lipinski definition) is 1. The lowest BCUT2D eigenvalue weighted by Gasteiger charge is -2.23. The maximum absolute atomic E-state index is 6.77. The highest BCUT2D eigenvalue weighted by molar-refractivity contribution is 9.10. The first-order chi connectivity index (χ1) is 9.22. The molecular formula is C16H22BrClO. The fourth-order valence-corrected chi connectivity index (χ4v) is 3.68. The fourth-order valence-electron chi connectivity index (χ4n) is 2.88. The number of halogens is 2. The van der Waals surface area contributed by atoms with Gasteiger partial charge in [0.05, 0.1) is 12.0 Å². The van der Waals surface area contributed by atoms with E-state index >= 15 is 0 Å². The summed E-state index contributed by atoms with van der Waals surface area (Å²) in [5, 5.41) is 0.0668. The molecule has 0 heterocycles. The second-order valence-electron chi connectivity index (χ2n) is 5.27. The summed E-state index contributed by atoms with van der Waals surface area (Å²) in [6.07, 6.45) is 7.82. The Balaban J connectivity index is 2.20. The van der Waals surface area contributed by atoms with Crippen LogP contribution in [0.3, 0.4) is 0 Å². The first-order valence-electron chi connectivity index (χ1n) is 7.28. The fraction of sp³-hybridized carbons (Fsp3) is 0.625. The molecule has 0 bridgehead atoms. The van der Waals surface area contributed by atoms with Crippen LogP contribution >= 0.6 is 27.5 Å². The van der Waals surface area contributed by atoms with Gasteiger partial charge in [0.1, 0.15) is 5.75 Å². The molecule has 0 aliphatic heterocycles. The van der Waals surface area contributed by atoms with Gasteiger partial charge >= 0.3 is 0 Å². The van der Waals surface area contributed by atoms with E-state index in [0.29, 0.717) is 12.5 Å². The standard InChI is InChI=1S/C16H22BrClO/c1-2-19-15-10-9-13(17)11-14(15)16(18)12-7-5-3-4-6-8-12/h9-12,16H,2-8H2,1H3. The van der Waals surface area contributed by atoms with Crippen molar-refractivity contribution in [1.29, 1.82) is 0 Å². The van der Waals surface area contributed by atoms with Gasteiger partial charge in [-0.25, -0.2) is 0 Å². The maximum atomic E-state index is 6.77. The van der Waals surface area contributed by atoms with E-state index in [1.807, 2.05) is 19.1 Å². The summed E-state index contributed by atoms with van der Waals surface area (Å²) in [7, 11) is 0. The Kier molecular flexibility index (Phi) is 6.03. The molecule has 1 aromatic rings. The van der Waals surface area contributed by atoms with Gasteiger partial charge in [-0.1, -0.05) is 41.6 Å². The molecule has 1 saturated carbocycles. The first kappa shape index (κ1) is 15.2. The zero-order valence-electron chi connectivity index (χ0n) is 11.5. The third-order valence-corrected chi connectivity index (χ3v) is 4.97. The number of benzene rings is 1. The van der Waals surface area contributed by atoms with Crippen LogP contribution in [0.5, 0.6) is 5.75 Å². The van der Waals surface area contributed by atoms with Crippen LogP contribution in [-0.2, 0) is 0 Å². The summed E-state index contributed by atoms with van der Waals surface area (Å²) in [5.41, 5.74) is 1.14. The van der Waals surface area contributed by atoms with Crippen molar-refractivity contribution in [2.75, 3.05) is 6.61 Å². The van der Waals surface area contributed by atoms with Crippen LogP contribution < -0.4 is 4.74 Å². The summed E-state index contributed by atoms with van der Waals surface area (Å²) in [6, 6.07) is 6.16. The van der Waals surface area contributed by atoms with Crippen LogP contribution in [0.4, 0.5) is 0 Å². The zero-order valence-corrected chi connectivity index (χ0v) is 13.8. The van der Waals surface area contributed by atoms with Crippen LogP contribution in [-0.4, -0.2) is 6.61 Å². The summed E-state index contributed by atoms with van der Waals surface area (Å²) in [4.78, 5) is 0. The molecule has 1 fully saturated rings. The first-order valence-corrected chi connectivity index (χ1v) is 8.51. The molecule has 0 N–H and O–H groups in total. The highest BCUT2D eigenvalue weighted by Crippen LogP contribution is 2.42. The quantitative estimate of drug-likeness (QED) is 0.473. The van der Waals surface area contributed by atoms with Crippen molar-refractivity contribution in [3.8, 4) is 5.75 Å². The summed E-state index contributed by atoms with van der Waals surface area (Å²) >= 11 is 10.3. The van der Waals surface area contributed by atoms with Crippen molar-refractivity contribution in [1.82, 2.24) is 0 Å². The minimum absolute atomic E-state index is 0.0668. The Labute approximate surface area is 129 Å². The second-order valence-corrected chi connectivity index (χ2v) is 6.65. The van der Waals surface area contributed by atoms with Gasteiger partial charge in [0.2, 0.25) is 0 Å². The summed E-state index contributed by atoms with van der Waals surface area (Å²) in [5.74, 6) is 1.52. The highest BCUT2D eigenvalue weighted by Gasteiger charge is 2.25. The molecule has 1 aromatic carbocycles. The van der Waals surface area contributed by atoms with Crippen LogP contribution in [0.2, 0.25) is 0 Å². The average Bonchev–Trinajstić information content (AvgIpc) is 2.69. The van der Waals surface area contributed by atoms with E-state index in [0.717, 1.165) is 15.8 Å². The minimum atomic E-state index is 0.0668. The number of alkyl halides is 1. The molecule has 1 aliphatic carbocycles. The zero-order chi connectivity index (χ0) is 13.7. The number of ether oxygens (including phenoxy) is 1. The predicted molar refractivity (Wildman–Crippen MR) is 85.1 cm³/mol. The van der Waals surface area contributed by atoms with Crippen molar-refractivity contribution in [3.63, 3.8) is 0 Å². The van der Waals surface area contributed by atoms with E-state index < -0.39 is 0 Å². The van der Waals surface area contributed by atoms with E-state index in [1.54, 1.807) is 0 Å². The van der Waals surface area contributed by atoms with E-state index in [1.165, 1.54) is 38.5 Å². The van der Waals surface area contributed by atoms with Crippen LogP contribution in [0.15, 0.2) is 22.7 Å². The topological polar surface area (TPSA) is 9.23 Å².